The Morgan fingerprint density at radius 2 is 1.71 bits per heavy atom. The zero-order valence-corrected chi connectivity index (χ0v) is 22.4. The summed E-state index contributed by atoms with van der Waals surface area (Å²) in [6, 6.07) is 10.8. The second-order valence-corrected chi connectivity index (χ2v) is 9.24. The van der Waals surface area contributed by atoms with E-state index >= 15 is 0 Å². The molecular formula is C30H29F2N5O4. The Hall–Kier alpha value is -4.93. The Kier molecular flexibility index (Phi) is 9.87. The van der Waals surface area contributed by atoms with E-state index in [4.69, 9.17) is 4.74 Å². The SMILES string of the molecule is CCCC(=O)CCC/C=C/c1ccn2ncnc(Oc3ccc(NC(=O)CC(=O)Nc4ccc(F)cc4)cc3F)c12. The van der Waals surface area contributed by atoms with Gasteiger partial charge in [0.15, 0.2) is 11.6 Å². The first-order valence-corrected chi connectivity index (χ1v) is 13.2. The number of unbranched alkanes of at least 4 members (excludes halogenated alkanes) is 1. The van der Waals surface area contributed by atoms with E-state index < -0.39 is 29.9 Å². The van der Waals surface area contributed by atoms with Crippen LogP contribution in [0.2, 0.25) is 0 Å². The van der Waals surface area contributed by atoms with E-state index in [0.29, 0.717) is 24.0 Å². The van der Waals surface area contributed by atoms with Crippen molar-refractivity contribution in [3.8, 4) is 11.6 Å². The van der Waals surface area contributed by atoms with E-state index in [1.807, 2.05) is 25.1 Å². The quantitative estimate of drug-likeness (QED) is 0.146. The number of carbonyl (C=O) groups is 3. The van der Waals surface area contributed by atoms with Crippen molar-refractivity contribution in [1.82, 2.24) is 14.6 Å². The highest BCUT2D eigenvalue weighted by atomic mass is 19.1. The number of carbonyl (C=O) groups excluding carboxylic acids is 3. The molecule has 0 atom stereocenters. The molecule has 0 aliphatic rings. The molecule has 0 radical (unpaired) electrons. The summed E-state index contributed by atoms with van der Waals surface area (Å²) >= 11 is 0. The summed E-state index contributed by atoms with van der Waals surface area (Å²) in [5.74, 6) is -2.19. The highest BCUT2D eigenvalue weighted by Crippen LogP contribution is 2.30. The summed E-state index contributed by atoms with van der Waals surface area (Å²) in [5.41, 5.74) is 1.78. The predicted molar refractivity (Wildman–Crippen MR) is 151 cm³/mol. The first-order chi connectivity index (χ1) is 19.8. The molecule has 11 heteroatoms. The Morgan fingerprint density at radius 1 is 0.976 bits per heavy atom. The Bertz CT molecular complexity index is 1570. The number of ether oxygens (including phenoxy) is 1. The topological polar surface area (TPSA) is 115 Å². The van der Waals surface area contributed by atoms with Crippen LogP contribution in [0.25, 0.3) is 11.6 Å². The minimum Gasteiger partial charge on any atom is -0.434 e. The molecule has 2 N–H and O–H groups in total. The average Bonchev–Trinajstić information content (AvgIpc) is 3.35. The molecule has 0 saturated carbocycles. The van der Waals surface area contributed by atoms with Gasteiger partial charge >= 0.3 is 0 Å². The van der Waals surface area contributed by atoms with Crippen LogP contribution in [-0.2, 0) is 14.4 Å². The molecule has 9 nitrogen and oxygen atoms in total. The number of rotatable bonds is 13. The number of allylic oxidation sites excluding steroid dienone is 1. The van der Waals surface area contributed by atoms with Gasteiger partial charge in [0.05, 0.1) is 0 Å². The summed E-state index contributed by atoms with van der Waals surface area (Å²) < 4.78 is 35.3. The van der Waals surface area contributed by atoms with Crippen molar-refractivity contribution in [2.24, 2.45) is 0 Å². The number of amides is 2. The van der Waals surface area contributed by atoms with Gasteiger partial charge < -0.3 is 15.4 Å². The number of nitrogens with one attached hydrogen (secondary N) is 2. The highest BCUT2D eigenvalue weighted by Gasteiger charge is 2.15. The lowest BCUT2D eigenvalue weighted by molar-refractivity contribution is -0.124. The Labute approximate surface area is 235 Å². The second-order valence-electron chi connectivity index (χ2n) is 9.24. The summed E-state index contributed by atoms with van der Waals surface area (Å²) in [4.78, 5) is 40.2. The molecule has 0 saturated heterocycles. The van der Waals surface area contributed by atoms with Gasteiger partial charge in [-0.05, 0) is 61.7 Å². The molecule has 2 heterocycles. The van der Waals surface area contributed by atoms with Gasteiger partial charge in [0, 0.05) is 42.0 Å². The second kappa shape index (κ2) is 13.9. The number of aromatic nitrogens is 3. The minimum absolute atomic E-state index is 0.122. The van der Waals surface area contributed by atoms with Crippen LogP contribution in [0.1, 0.15) is 51.0 Å². The predicted octanol–water partition coefficient (Wildman–Crippen LogP) is 6.32. The Morgan fingerprint density at radius 3 is 2.44 bits per heavy atom. The molecule has 0 aliphatic heterocycles. The van der Waals surface area contributed by atoms with Gasteiger partial charge in [0.1, 0.15) is 29.9 Å². The van der Waals surface area contributed by atoms with E-state index in [0.717, 1.165) is 30.9 Å². The average molecular weight is 562 g/mol. The zero-order chi connectivity index (χ0) is 29.2. The fraction of sp³-hybridized carbons (Fsp3) is 0.233. The lowest BCUT2D eigenvalue weighted by Crippen LogP contribution is -2.21. The first kappa shape index (κ1) is 29.1. The molecule has 0 aliphatic carbocycles. The highest BCUT2D eigenvalue weighted by molar-refractivity contribution is 6.08. The van der Waals surface area contributed by atoms with Crippen molar-refractivity contribution in [2.75, 3.05) is 10.6 Å². The van der Waals surface area contributed by atoms with Crippen molar-refractivity contribution < 1.29 is 27.9 Å². The summed E-state index contributed by atoms with van der Waals surface area (Å²) in [7, 11) is 0. The number of hydrogen-bond acceptors (Lipinski definition) is 6. The van der Waals surface area contributed by atoms with Crippen molar-refractivity contribution in [3.63, 3.8) is 0 Å². The van der Waals surface area contributed by atoms with Gasteiger partial charge in [-0.15, -0.1) is 0 Å². The monoisotopic (exact) mass is 561 g/mol. The van der Waals surface area contributed by atoms with Crippen molar-refractivity contribution in [1.29, 1.82) is 0 Å². The zero-order valence-electron chi connectivity index (χ0n) is 22.4. The van der Waals surface area contributed by atoms with Crippen LogP contribution in [0.5, 0.6) is 11.6 Å². The van der Waals surface area contributed by atoms with Gasteiger partial charge in [0.2, 0.25) is 17.7 Å². The van der Waals surface area contributed by atoms with Crippen molar-refractivity contribution in [2.45, 2.75) is 45.4 Å². The Balaban J connectivity index is 1.37. The maximum atomic E-state index is 14.9. The number of nitrogens with zero attached hydrogens (tertiary/aromatic N) is 3. The third-order valence-electron chi connectivity index (χ3n) is 5.98. The van der Waals surface area contributed by atoms with E-state index in [9.17, 15) is 23.2 Å². The molecule has 212 valence electrons. The van der Waals surface area contributed by atoms with Gasteiger partial charge in [-0.2, -0.15) is 10.1 Å². The van der Waals surface area contributed by atoms with Crippen LogP contribution in [0.4, 0.5) is 20.2 Å². The number of ketones is 1. The first-order valence-electron chi connectivity index (χ1n) is 13.2. The third kappa shape index (κ3) is 8.28. The lowest BCUT2D eigenvalue weighted by atomic mass is 10.1. The molecule has 2 aromatic carbocycles. The molecule has 2 amide bonds. The number of hydrogen-bond donors (Lipinski definition) is 2. The third-order valence-corrected chi connectivity index (χ3v) is 5.98. The molecule has 4 aromatic rings. The van der Waals surface area contributed by atoms with Crippen LogP contribution < -0.4 is 15.4 Å². The van der Waals surface area contributed by atoms with Crippen LogP contribution in [0.3, 0.4) is 0 Å². The van der Waals surface area contributed by atoms with Gasteiger partial charge in [-0.25, -0.2) is 13.3 Å². The molecule has 0 bridgehead atoms. The molecule has 2 aromatic heterocycles. The van der Waals surface area contributed by atoms with Crippen LogP contribution in [0.15, 0.2) is 67.1 Å². The van der Waals surface area contributed by atoms with E-state index in [-0.39, 0.29) is 23.1 Å². The fourth-order valence-corrected chi connectivity index (χ4v) is 4.04. The summed E-state index contributed by atoms with van der Waals surface area (Å²) in [6.07, 6.45) is 9.84. The molecule has 0 unspecified atom stereocenters. The van der Waals surface area contributed by atoms with Crippen LogP contribution in [0, 0.1) is 11.6 Å². The fourth-order valence-electron chi connectivity index (χ4n) is 4.04. The molecular weight excluding hydrogens is 532 g/mol. The minimum atomic E-state index is -0.754. The van der Waals surface area contributed by atoms with Gasteiger partial charge in [0.25, 0.3) is 0 Å². The molecule has 41 heavy (non-hydrogen) atoms. The maximum absolute atomic E-state index is 14.9. The largest absolute Gasteiger partial charge is 0.434 e. The summed E-state index contributed by atoms with van der Waals surface area (Å²) in [5, 5.41) is 9.12. The number of anilines is 2. The summed E-state index contributed by atoms with van der Waals surface area (Å²) in [6.45, 7) is 1.98. The van der Waals surface area contributed by atoms with E-state index in [1.54, 1.807) is 10.7 Å². The maximum Gasteiger partial charge on any atom is 0.247 e. The smallest absolute Gasteiger partial charge is 0.247 e. The van der Waals surface area contributed by atoms with Gasteiger partial charge in [-0.3, -0.25) is 14.4 Å². The van der Waals surface area contributed by atoms with E-state index in [1.165, 1.54) is 42.7 Å². The molecule has 0 spiro atoms. The number of fused-ring (bicyclic) bond motifs is 1. The number of halogens is 2. The number of benzene rings is 2. The van der Waals surface area contributed by atoms with E-state index in [2.05, 4.69) is 20.7 Å². The molecule has 0 fully saturated rings. The standard InChI is InChI=1S/C30H29F2N5O4/c1-2-6-24(38)8-5-3-4-7-20-15-16-37-29(20)30(33-19-34-37)41-26-14-13-23(17-25(26)32)36-28(40)18-27(39)35-22-11-9-21(31)10-12-22/h4,7,9-17,19H,2-3,5-6,8,18H2,1H3,(H,35,39)(H,36,40)/b7-4+. The van der Waals surface area contributed by atoms with Crippen LogP contribution in [-0.4, -0.2) is 32.2 Å². The van der Waals surface area contributed by atoms with Crippen LogP contribution >= 0.6 is 0 Å². The normalized spacial score (nSPS) is 11.1. The van der Waals surface area contributed by atoms with Crippen molar-refractivity contribution >= 4 is 40.6 Å². The molecule has 4 rings (SSSR count). The van der Waals surface area contributed by atoms with Gasteiger partial charge in [-0.1, -0.05) is 19.1 Å². The lowest BCUT2D eigenvalue weighted by Gasteiger charge is -2.10. The van der Waals surface area contributed by atoms with Crippen molar-refractivity contribution in [3.05, 3.63) is 84.3 Å². The number of Topliss-reactive ketones (excluding diaryl/α,β-unsaturated/α-hetero) is 1.